The van der Waals surface area contributed by atoms with Crippen molar-refractivity contribution >= 4 is 16.9 Å². The normalized spacial score (nSPS) is 11.1. The maximum absolute atomic E-state index is 14.6. The van der Waals surface area contributed by atoms with E-state index < -0.39 is 30.8 Å². The Morgan fingerprint density at radius 2 is 1.81 bits per heavy atom. The highest BCUT2D eigenvalue weighted by Crippen LogP contribution is 2.40. The molecule has 0 N–H and O–H groups in total. The predicted octanol–water partition coefficient (Wildman–Crippen LogP) is 4.82. The molecule has 3 aromatic rings. The second-order valence-corrected chi connectivity index (χ2v) is 6.54. The Bertz CT molecular complexity index is 1090. The summed E-state index contributed by atoms with van der Waals surface area (Å²) in [4.78, 5) is 15.8. The maximum Gasteiger partial charge on any atom is 0.387 e. The maximum atomic E-state index is 14.6. The van der Waals surface area contributed by atoms with E-state index in [0.29, 0.717) is 17.7 Å². The van der Waals surface area contributed by atoms with E-state index in [1.165, 1.54) is 30.3 Å². The van der Waals surface area contributed by atoms with Crippen molar-refractivity contribution in [3.8, 4) is 11.5 Å². The van der Waals surface area contributed by atoms with Gasteiger partial charge in [-0.05, 0) is 36.2 Å². The predicted molar refractivity (Wildman–Crippen MR) is 104 cm³/mol. The summed E-state index contributed by atoms with van der Waals surface area (Å²) in [5.74, 6) is -2.28. The van der Waals surface area contributed by atoms with Crippen molar-refractivity contribution in [1.29, 1.82) is 0 Å². The number of aromatic nitrogens is 1. The van der Waals surface area contributed by atoms with Gasteiger partial charge in [-0.15, -0.1) is 0 Å². The van der Waals surface area contributed by atoms with Gasteiger partial charge in [0.1, 0.15) is 28.7 Å². The zero-order chi connectivity index (χ0) is 22.5. The highest BCUT2D eigenvalue weighted by molar-refractivity contribution is 5.93. The van der Waals surface area contributed by atoms with E-state index in [1.807, 2.05) is 0 Å². The molecule has 0 saturated heterocycles. The van der Waals surface area contributed by atoms with Crippen LogP contribution in [-0.4, -0.2) is 31.3 Å². The van der Waals surface area contributed by atoms with Crippen molar-refractivity contribution in [2.24, 2.45) is 0 Å². The number of hydrogen-bond acceptors (Lipinski definition) is 5. The van der Waals surface area contributed by atoms with Crippen molar-refractivity contribution in [1.82, 2.24) is 4.98 Å². The minimum Gasteiger partial charge on any atom is -0.481 e. The van der Waals surface area contributed by atoms with Crippen LogP contribution in [0.25, 0.3) is 10.9 Å². The molecule has 0 aliphatic rings. The Kier molecular flexibility index (Phi) is 6.94. The van der Waals surface area contributed by atoms with E-state index in [0.717, 1.165) is 13.2 Å². The Morgan fingerprint density at radius 1 is 1.10 bits per heavy atom. The zero-order valence-electron chi connectivity index (χ0n) is 16.8. The number of pyridine rings is 1. The van der Waals surface area contributed by atoms with Crippen molar-refractivity contribution in [3.63, 3.8) is 0 Å². The molecular weight excluding hydrogens is 418 g/mol. The summed E-state index contributed by atoms with van der Waals surface area (Å²) in [6.45, 7) is -1.99. The number of ether oxygens (including phenoxy) is 3. The van der Waals surface area contributed by atoms with Gasteiger partial charge in [-0.3, -0.25) is 0 Å². The molecule has 1 aromatic heterocycles. The summed E-state index contributed by atoms with van der Waals surface area (Å²) in [6, 6.07) is 7.76. The molecule has 0 fully saturated rings. The highest BCUT2D eigenvalue weighted by Gasteiger charge is 2.24. The number of rotatable bonds is 8. The standard InChI is InChI=1S/C22H19F4NO4/c1-3-16-14(10-12-4-6-13(23)7-5-12)21(31-22(25)26)19-17(30-11-18(28)29-2)9-8-15(24)20(19)27-16/h4-9,22H,3,10-11H2,1-2H3. The van der Waals surface area contributed by atoms with Gasteiger partial charge in [0.25, 0.3) is 0 Å². The van der Waals surface area contributed by atoms with Gasteiger partial charge in [-0.25, -0.2) is 18.6 Å². The monoisotopic (exact) mass is 437 g/mol. The molecule has 3 rings (SSSR count). The van der Waals surface area contributed by atoms with Gasteiger partial charge < -0.3 is 14.2 Å². The van der Waals surface area contributed by atoms with Crippen LogP contribution in [0.2, 0.25) is 0 Å². The van der Waals surface area contributed by atoms with Gasteiger partial charge in [-0.1, -0.05) is 19.1 Å². The molecule has 9 heteroatoms. The summed E-state index contributed by atoms with van der Waals surface area (Å²) in [6.07, 6.45) is 0.389. The Hall–Kier alpha value is -3.36. The molecule has 0 aliphatic heterocycles. The van der Waals surface area contributed by atoms with Crippen LogP contribution in [0.3, 0.4) is 0 Å². The number of methoxy groups -OCH3 is 1. The summed E-state index contributed by atoms with van der Waals surface area (Å²) >= 11 is 0. The number of carbonyl (C=O) groups is 1. The number of carbonyl (C=O) groups excluding carboxylic acids is 1. The van der Waals surface area contributed by atoms with Crippen molar-refractivity contribution in [2.75, 3.05) is 13.7 Å². The minimum atomic E-state index is -3.21. The molecule has 0 atom stereocenters. The first-order valence-electron chi connectivity index (χ1n) is 9.36. The lowest BCUT2D eigenvalue weighted by Gasteiger charge is -2.19. The average molecular weight is 437 g/mol. The van der Waals surface area contributed by atoms with Gasteiger partial charge >= 0.3 is 12.6 Å². The summed E-state index contributed by atoms with van der Waals surface area (Å²) in [5.41, 5.74) is 1.02. The fourth-order valence-electron chi connectivity index (χ4n) is 3.18. The Balaban J connectivity index is 2.24. The fraction of sp³-hybridized carbons (Fsp3) is 0.273. The first kappa shape index (κ1) is 22.3. The molecule has 0 unspecified atom stereocenters. The number of nitrogens with zero attached hydrogens (tertiary/aromatic N) is 1. The van der Waals surface area contributed by atoms with E-state index in [1.54, 1.807) is 6.92 Å². The molecular formula is C22H19F4NO4. The molecule has 31 heavy (non-hydrogen) atoms. The van der Waals surface area contributed by atoms with Gasteiger partial charge in [0, 0.05) is 17.7 Å². The minimum absolute atomic E-state index is 0.0621. The van der Waals surface area contributed by atoms with Crippen LogP contribution >= 0.6 is 0 Å². The van der Waals surface area contributed by atoms with Gasteiger partial charge in [0.2, 0.25) is 0 Å². The van der Waals surface area contributed by atoms with Crippen LogP contribution in [0.1, 0.15) is 23.7 Å². The number of aryl methyl sites for hydroxylation is 1. The van der Waals surface area contributed by atoms with Crippen molar-refractivity contribution < 1.29 is 36.6 Å². The first-order valence-corrected chi connectivity index (χ1v) is 9.36. The van der Waals surface area contributed by atoms with E-state index in [2.05, 4.69) is 9.72 Å². The van der Waals surface area contributed by atoms with Crippen LogP contribution < -0.4 is 9.47 Å². The zero-order valence-corrected chi connectivity index (χ0v) is 16.8. The Morgan fingerprint density at radius 3 is 2.42 bits per heavy atom. The third-order valence-electron chi connectivity index (χ3n) is 4.60. The molecule has 0 radical (unpaired) electrons. The number of benzene rings is 2. The number of fused-ring (bicyclic) bond motifs is 1. The molecule has 0 saturated carbocycles. The fourth-order valence-corrected chi connectivity index (χ4v) is 3.18. The van der Waals surface area contributed by atoms with Crippen LogP contribution in [0.5, 0.6) is 11.5 Å². The first-order chi connectivity index (χ1) is 14.8. The molecule has 1 heterocycles. The number of esters is 1. The number of halogens is 4. The lowest BCUT2D eigenvalue weighted by Crippen LogP contribution is -2.14. The molecule has 0 bridgehead atoms. The molecule has 0 aliphatic carbocycles. The molecule has 5 nitrogen and oxygen atoms in total. The lowest BCUT2D eigenvalue weighted by atomic mass is 9.98. The van der Waals surface area contributed by atoms with E-state index in [-0.39, 0.29) is 34.4 Å². The highest BCUT2D eigenvalue weighted by atomic mass is 19.3. The second-order valence-electron chi connectivity index (χ2n) is 6.54. The molecule has 0 spiro atoms. The molecule has 164 valence electrons. The quantitative estimate of drug-likeness (QED) is 0.374. The number of alkyl halides is 2. The summed E-state index contributed by atoms with van der Waals surface area (Å²) in [7, 11) is 1.16. The number of hydrogen-bond donors (Lipinski definition) is 0. The SMILES string of the molecule is CCc1nc2c(F)ccc(OCC(=O)OC)c2c(OC(F)F)c1Cc1ccc(F)cc1. The third-order valence-corrected chi connectivity index (χ3v) is 4.60. The smallest absolute Gasteiger partial charge is 0.387 e. The topological polar surface area (TPSA) is 57.7 Å². The van der Waals surface area contributed by atoms with E-state index in [4.69, 9.17) is 9.47 Å². The lowest BCUT2D eigenvalue weighted by molar-refractivity contribution is -0.142. The van der Waals surface area contributed by atoms with Crippen LogP contribution in [0, 0.1) is 11.6 Å². The van der Waals surface area contributed by atoms with Crippen molar-refractivity contribution in [3.05, 3.63) is 64.9 Å². The van der Waals surface area contributed by atoms with Crippen LogP contribution in [0.4, 0.5) is 17.6 Å². The van der Waals surface area contributed by atoms with E-state index >= 15 is 0 Å². The van der Waals surface area contributed by atoms with E-state index in [9.17, 15) is 22.4 Å². The summed E-state index contributed by atoms with van der Waals surface area (Å²) in [5, 5.41) is -0.126. The van der Waals surface area contributed by atoms with Gasteiger partial charge in [0.05, 0.1) is 12.5 Å². The third kappa shape index (κ3) is 5.04. The summed E-state index contributed by atoms with van der Waals surface area (Å²) < 4.78 is 69.3. The largest absolute Gasteiger partial charge is 0.481 e. The molecule has 0 amide bonds. The second kappa shape index (κ2) is 9.63. The van der Waals surface area contributed by atoms with Gasteiger partial charge in [-0.2, -0.15) is 8.78 Å². The molecule has 2 aromatic carbocycles. The van der Waals surface area contributed by atoms with Gasteiger partial charge in [0.15, 0.2) is 6.61 Å². The van der Waals surface area contributed by atoms with Crippen LogP contribution in [-0.2, 0) is 22.4 Å². The average Bonchev–Trinajstić information content (AvgIpc) is 2.75. The van der Waals surface area contributed by atoms with Crippen LogP contribution in [0.15, 0.2) is 36.4 Å². The Labute approximate surface area is 175 Å². The van der Waals surface area contributed by atoms with Crippen molar-refractivity contribution in [2.45, 2.75) is 26.4 Å².